The van der Waals surface area contributed by atoms with Crippen LogP contribution in [-0.4, -0.2) is 13.7 Å². The van der Waals surface area contributed by atoms with E-state index in [0.29, 0.717) is 6.61 Å². The van der Waals surface area contributed by atoms with Crippen LogP contribution in [0, 0.1) is 10.2 Å². The van der Waals surface area contributed by atoms with Crippen molar-refractivity contribution in [3.05, 3.63) is 36.5 Å². The fourth-order valence-corrected chi connectivity index (χ4v) is 1.62. The first-order valence-electron chi connectivity index (χ1n) is 5.59. The SMILES string of the molecule is CCOc1cc[n+](OC)c2ccccc12.[O-][Cl+3]([O-])([O-])[O-]. The van der Waals surface area contributed by atoms with Crippen molar-refractivity contribution in [3.63, 3.8) is 0 Å². The van der Waals surface area contributed by atoms with E-state index in [9.17, 15) is 0 Å². The molecule has 0 aliphatic rings. The van der Waals surface area contributed by atoms with E-state index < -0.39 is 10.2 Å². The predicted molar refractivity (Wildman–Crippen MR) is 57.8 cm³/mol. The zero-order chi connectivity index (χ0) is 15.2. The van der Waals surface area contributed by atoms with Crippen molar-refractivity contribution in [2.75, 3.05) is 13.7 Å². The summed E-state index contributed by atoms with van der Waals surface area (Å²) < 4.78 is 41.2. The maximum atomic E-state index is 8.49. The summed E-state index contributed by atoms with van der Waals surface area (Å²) >= 11 is 0. The lowest BCUT2D eigenvalue weighted by molar-refractivity contribution is -2.00. The number of aromatic nitrogens is 1. The maximum absolute atomic E-state index is 8.49. The average molecular weight is 304 g/mol. The minimum absolute atomic E-state index is 0.668. The summed E-state index contributed by atoms with van der Waals surface area (Å²) in [6.07, 6.45) is 1.85. The summed E-state index contributed by atoms with van der Waals surface area (Å²) in [5, 5.41) is 1.06. The molecule has 2 aromatic rings. The molecule has 0 amide bonds. The highest BCUT2D eigenvalue weighted by Crippen LogP contribution is 2.21. The number of nitrogens with zero attached hydrogens (tertiary/aromatic N) is 1. The lowest BCUT2D eigenvalue weighted by atomic mass is 10.2. The number of benzene rings is 1. The van der Waals surface area contributed by atoms with E-state index >= 15 is 0 Å². The summed E-state index contributed by atoms with van der Waals surface area (Å²) in [4.78, 5) is 5.22. The van der Waals surface area contributed by atoms with Gasteiger partial charge in [-0.25, -0.2) is 18.6 Å². The second-order valence-electron chi connectivity index (χ2n) is 3.52. The number of hydrogen-bond acceptors (Lipinski definition) is 6. The number of halogens is 1. The molecule has 0 fully saturated rings. The monoisotopic (exact) mass is 303 g/mol. The van der Waals surface area contributed by atoms with Crippen LogP contribution in [0.1, 0.15) is 6.92 Å². The van der Waals surface area contributed by atoms with Gasteiger partial charge in [-0.15, -0.1) is 10.2 Å². The van der Waals surface area contributed by atoms with Gasteiger partial charge in [0.15, 0.2) is 0 Å². The fourth-order valence-electron chi connectivity index (χ4n) is 1.62. The molecule has 0 saturated carbocycles. The molecule has 0 radical (unpaired) electrons. The molecule has 0 atom stereocenters. The Morgan fingerprint density at radius 3 is 2.25 bits per heavy atom. The van der Waals surface area contributed by atoms with Crippen LogP contribution in [0.25, 0.3) is 10.9 Å². The molecule has 0 aliphatic heterocycles. The smallest absolute Gasteiger partial charge is 0.268 e. The van der Waals surface area contributed by atoms with E-state index in [-0.39, 0.29) is 0 Å². The highest BCUT2D eigenvalue weighted by Gasteiger charge is 2.12. The zero-order valence-corrected chi connectivity index (χ0v) is 11.7. The van der Waals surface area contributed by atoms with Crippen molar-refractivity contribution >= 4 is 10.9 Å². The van der Waals surface area contributed by atoms with Crippen LogP contribution in [0.4, 0.5) is 0 Å². The Morgan fingerprint density at radius 2 is 1.70 bits per heavy atom. The minimum atomic E-state index is -4.94. The van der Waals surface area contributed by atoms with Crippen molar-refractivity contribution in [1.82, 2.24) is 0 Å². The quantitative estimate of drug-likeness (QED) is 0.552. The maximum Gasteiger partial charge on any atom is 0.268 e. The summed E-state index contributed by atoms with van der Waals surface area (Å²) in [5.41, 5.74) is 1.01. The van der Waals surface area contributed by atoms with E-state index in [4.69, 9.17) is 28.2 Å². The van der Waals surface area contributed by atoms with Crippen LogP contribution in [0.3, 0.4) is 0 Å². The summed E-state index contributed by atoms with van der Waals surface area (Å²) in [6.45, 7) is 2.65. The summed E-state index contributed by atoms with van der Waals surface area (Å²) in [6, 6.07) is 9.91. The van der Waals surface area contributed by atoms with Crippen molar-refractivity contribution in [2.24, 2.45) is 0 Å². The standard InChI is InChI=1S/C12H14NO2.ClHO4/c1-3-15-12-8-9-13(14-2)11-7-5-4-6-10(11)12;2-1(3,4)5/h4-9H,3H2,1-2H3;(H,2,3,4,5)/q+1;/p-1. The van der Waals surface area contributed by atoms with Gasteiger partial charge in [-0.05, 0) is 13.0 Å². The van der Waals surface area contributed by atoms with Gasteiger partial charge in [0.2, 0.25) is 6.20 Å². The number of rotatable bonds is 3. The number of hydrogen-bond donors (Lipinski definition) is 0. The van der Waals surface area contributed by atoms with E-state index in [1.54, 1.807) is 11.8 Å². The van der Waals surface area contributed by atoms with E-state index in [2.05, 4.69) is 0 Å². The van der Waals surface area contributed by atoms with Gasteiger partial charge in [0.1, 0.15) is 12.9 Å². The molecule has 20 heavy (non-hydrogen) atoms. The largest absolute Gasteiger partial charge is 0.493 e. The van der Waals surface area contributed by atoms with Crippen LogP contribution in [-0.2, 0) is 0 Å². The highest BCUT2D eigenvalue weighted by molar-refractivity contribution is 5.82. The number of ether oxygens (including phenoxy) is 1. The second-order valence-corrected chi connectivity index (χ2v) is 4.27. The third-order valence-corrected chi connectivity index (χ3v) is 2.26. The van der Waals surface area contributed by atoms with Crippen LogP contribution in [0.5, 0.6) is 5.75 Å². The normalized spacial score (nSPS) is 10.7. The average Bonchev–Trinajstić information content (AvgIpc) is 2.37. The van der Waals surface area contributed by atoms with E-state index in [1.165, 1.54) is 0 Å². The van der Waals surface area contributed by atoms with Crippen LogP contribution in [0.15, 0.2) is 36.5 Å². The molecule has 0 N–H and O–H groups in total. The molecule has 1 aromatic carbocycles. The zero-order valence-electron chi connectivity index (χ0n) is 10.9. The summed E-state index contributed by atoms with van der Waals surface area (Å²) in [7, 11) is -3.30. The first-order chi connectivity index (χ1) is 9.36. The molecule has 0 aliphatic carbocycles. The Labute approximate surface area is 117 Å². The van der Waals surface area contributed by atoms with Crippen molar-refractivity contribution in [1.29, 1.82) is 0 Å². The van der Waals surface area contributed by atoms with Gasteiger partial charge in [0, 0.05) is 16.9 Å². The molecule has 0 bridgehead atoms. The molecule has 1 aromatic heterocycles. The summed E-state index contributed by atoms with van der Waals surface area (Å²) in [5.74, 6) is 0.890. The molecule has 0 saturated heterocycles. The molecule has 0 spiro atoms. The lowest BCUT2D eigenvalue weighted by Gasteiger charge is -2.17. The molecule has 2 rings (SSSR count). The van der Waals surface area contributed by atoms with Crippen LogP contribution < -0.4 is 32.9 Å². The number of para-hydroxylation sites is 1. The van der Waals surface area contributed by atoms with E-state index in [1.807, 2.05) is 43.5 Å². The van der Waals surface area contributed by atoms with Gasteiger partial charge in [-0.2, -0.15) is 0 Å². The molecule has 7 nitrogen and oxygen atoms in total. The molecule has 0 unspecified atom stereocenters. The highest BCUT2D eigenvalue weighted by atomic mass is 35.7. The Morgan fingerprint density at radius 1 is 1.10 bits per heavy atom. The van der Waals surface area contributed by atoms with Gasteiger partial charge in [-0.1, -0.05) is 12.1 Å². The molecule has 1 heterocycles. The Hall–Kier alpha value is -1.64. The van der Waals surface area contributed by atoms with E-state index in [0.717, 1.165) is 16.7 Å². The van der Waals surface area contributed by atoms with Crippen LogP contribution >= 0.6 is 0 Å². The number of fused-ring (bicyclic) bond motifs is 1. The Bertz CT molecular complexity index is 551. The lowest BCUT2D eigenvalue weighted by Crippen LogP contribution is -2.68. The first-order valence-corrected chi connectivity index (χ1v) is 6.82. The van der Waals surface area contributed by atoms with Crippen molar-refractivity contribution in [3.8, 4) is 5.75 Å². The third-order valence-electron chi connectivity index (χ3n) is 2.26. The minimum Gasteiger partial charge on any atom is -0.493 e. The number of pyridine rings is 1. The van der Waals surface area contributed by atoms with Gasteiger partial charge >= 0.3 is 0 Å². The molecular formula is C12H14ClNO6. The molecule has 110 valence electrons. The molecule has 8 heteroatoms. The van der Waals surface area contributed by atoms with Gasteiger partial charge in [-0.3, -0.25) is 4.84 Å². The topological polar surface area (TPSA) is 115 Å². The second kappa shape index (κ2) is 7.22. The van der Waals surface area contributed by atoms with Crippen LogP contribution in [0.2, 0.25) is 0 Å². The predicted octanol–water partition coefficient (Wildman–Crippen LogP) is -3.17. The molecular weight excluding hydrogens is 290 g/mol. The fraction of sp³-hybridized carbons (Fsp3) is 0.250. The van der Waals surface area contributed by atoms with Crippen molar-refractivity contribution < 1.29 is 43.2 Å². The first kappa shape index (κ1) is 16.4. The van der Waals surface area contributed by atoms with Gasteiger partial charge < -0.3 is 4.74 Å². The third kappa shape index (κ3) is 5.16. The van der Waals surface area contributed by atoms with Crippen molar-refractivity contribution in [2.45, 2.75) is 6.92 Å². The van der Waals surface area contributed by atoms with Gasteiger partial charge in [0.25, 0.3) is 5.52 Å². The Balaban J connectivity index is 0.000000347. The van der Waals surface area contributed by atoms with Gasteiger partial charge in [0.05, 0.1) is 12.0 Å². The Kier molecular flexibility index (Phi) is 5.93.